The molecule has 1 heterocycles. The van der Waals surface area contributed by atoms with Crippen LogP contribution < -0.4 is 14.8 Å². The van der Waals surface area contributed by atoms with Gasteiger partial charge in [-0.05, 0) is 43.7 Å². The first kappa shape index (κ1) is 23.8. The van der Waals surface area contributed by atoms with E-state index in [4.69, 9.17) is 14.2 Å². The number of anilines is 1. The van der Waals surface area contributed by atoms with Crippen molar-refractivity contribution in [2.75, 3.05) is 19.5 Å². The van der Waals surface area contributed by atoms with E-state index in [-0.39, 0.29) is 35.2 Å². The number of methoxy groups -OCH3 is 2. The summed E-state index contributed by atoms with van der Waals surface area (Å²) in [6, 6.07) is 8.64. The van der Waals surface area contributed by atoms with E-state index in [2.05, 4.69) is 5.32 Å². The van der Waals surface area contributed by atoms with Crippen LogP contribution in [0.5, 0.6) is 11.5 Å². The summed E-state index contributed by atoms with van der Waals surface area (Å²) in [5, 5.41) is 2.59. The highest BCUT2D eigenvalue weighted by Crippen LogP contribution is 2.39. The van der Waals surface area contributed by atoms with E-state index in [0.717, 1.165) is 4.90 Å². The van der Waals surface area contributed by atoms with Gasteiger partial charge in [-0.15, -0.1) is 0 Å². The Morgan fingerprint density at radius 3 is 2.36 bits per heavy atom. The number of amides is 3. The molecule has 33 heavy (non-hydrogen) atoms. The lowest BCUT2D eigenvalue weighted by molar-refractivity contribution is -0.141. The molecule has 1 aliphatic rings. The molecule has 9 heteroatoms. The van der Waals surface area contributed by atoms with E-state index < -0.39 is 23.8 Å². The Morgan fingerprint density at radius 2 is 1.76 bits per heavy atom. The molecule has 1 N–H and O–H groups in total. The largest absolute Gasteiger partial charge is 0.493 e. The van der Waals surface area contributed by atoms with E-state index in [0.29, 0.717) is 17.1 Å². The minimum absolute atomic E-state index is 0.0831. The molecule has 0 aliphatic carbocycles. The molecule has 0 radical (unpaired) electrons. The molecule has 0 unspecified atom stereocenters. The Labute approximate surface area is 191 Å². The van der Waals surface area contributed by atoms with Crippen LogP contribution in [0.3, 0.4) is 0 Å². The van der Waals surface area contributed by atoms with Gasteiger partial charge in [0.1, 0.15) is 0 Å². The van der Waals surface area contributed by atoms with Gasteiger partial charge in [-0.1, -0.05) is 12.1 Å². The molecule has 3 amide bonds. The Morgan fingerprint density at radius 1 is 1.03 bits per heavy atom. The van der Waals surface area contributed by atoms with Crippen molar-refractivity contribution in [1.29, 1.82) is 0 Å². The van der Waals surface area contributed by atoms with Crippen LogP contribution in [-0.4, -0.2) is 48.9 Å². The third-order valence-corrected chi connectivity index (χ3v) is 5.09. The highest BCUT2D eigenvalue weighted by atomic mass is 16.5. The van der Waals surface area contributed by atoms with Crippen LogP contribution in [0.4, 0.5) is 5.69 Å². The Balaban J connectivity index is 2.10. The third-order valence-electron chi connectivity index (χ3n) is 5.09. The second-order valence-corrected chi connectivity index (χ2v) is 7.76. The molecule has 174 valence electrons. The average molecular weight is 454 g/mol. The van der Waals surface area contributed by atoms with Gasteiger partial charge in [-0.3, -0.25) is 24.1 Å². The van der Waals surface area contributed by atoms with Gasteiger partial charge in [0.25, 0.3) is 11.8 Å². The van der Waals surface area contributed by atoms with Crippen molar-refractivity contribution in [3.05, 3.63) is 53.1 Å². The summed E-state index contributed by atoms with van der Waals surface area (Å²) < 4.78 is 16.0. The lowest BCUT2D eigenvalue weighted by atomic mass is 10.0. The van der Waals surface area contributed by atoms with E-state index in [1.165, 1.54) is 27.2 Å². The van der Waals surface area contributed by atoms with Crippen LogP contribution in [-0.2, 0) is 14.3 Å². The second-order valence-electron chi connectivity index (χ2n) is 7.76. The molecule has 2 aromatic carbocycles. The Kier molecular flexibility index (Phi) is 7.01. The number of benzene rings is 2. The standard InChI is InChI=1S/C24H26N2O7/c1-13(2)33-20-11-15(9-10-19(20)31-4)18(12-21(28)32-5)26-23(29)16-7-6-8-17(25-14(3)27)22(16)24(26)30/h6-11,13,18H,12H2,1-5H3,(H,25,27)/t18-/m1/s1. The van der Waals surface area contributed by atoms with Crippen molar-refractivity contribution in [3.8, 4) is 11.5 Å². The molecule has 0 fully saturated rings. The van der Waals surface area contributed by atoms with Gasteiger partial charge in [0, 0.05) is 6.92 Å². The fourth-order valence-electron chi connectivity index (χ4n) is 3.73. The number of rotatable bonds is 8. The van der Waals surface area contributed by atoms with Crippen LogP contribution in [0.2, 0.25) is 0 Å². The highest BCUT2D eigenvalue weighted by Gasteiger charge is 2.43. The van der Waals surface area contributed by atoms with E-state index in [1.807, 2.05) is 13.8 Å². The highest BCUT2D eigenvalue weighted by molar-refractivity contribution is 6.24. The predicted molar refractivity (Wildman–Crippen MR) is 119 cm³/mol. The summed E-state index contributed by atoms with van der Waals surface area (Å²) in [6.45, 7) is 5.02. The van der Waals surface area contributed by atoms with Gasteiger partial charge in [0.15, 0.2) is 11.5 Å². The zero-order valence-corrected chi connectivity index (χ0v) is 19.1. The summed E-state index contributed by atoms with van der Waals surface area (Å²) in [6.07, 6.45) is -0.419. The molecule has 2 aromatic rings. The van der Waals surface area contributed by atoms with Crippen molar-refractivity contribution >= 4 is 29.4 Å². The first-order chi connectivity index (χ1) is 15.7. The van der Waals surface area contributed by atoms with Crippen molar-refractivity contribution in [1.82, 2.24) is 4.90 Å². The maximum atomic E-state index is 13.4. The third kappa shape index (κ3) is 4.82. The van der Waals surface area contributed by atoms with Gasteiger partial charge < -0.3 is 19.5 Å². The number of hydrogen-bond donors (Lipinski definition) is 1. The predicted octanol–water partition coefficient (Wildman–Crippen LogP) is 3.34. The van der Waals surface area contributed by atoms with Gasteiger partial charge in [-0.25, -0.2) is 0 Å². The molecule has 0 saturated carbocycles. The minimum atomic E-state index is -0.963. The minimum Gasteiger partial charge on any atom is -0.493 e. The number of carbonyl (C=O) groups is 4. The van der Waals surface area contributed by atoms with Gasteiger partial charge in [-0.2, -0.15) is 0 Å². The molecule has 3 rings (SSSR count). The number of esters is 1. The van der Waals surface area contributed by atoms with Gasteiger partial charge in [0.2, 0.25) is 5.91 Å². The maximum absolute atomic E-state index is 13.4. The molecular formula is C24H26N2O7. The number of carbonyl (C=O) groups excluding carboxylic acids is 4. The van der Waals surface area contributed by atoms with Gasteiger partial charge >= 0.3 is 5.97 Å². The fourth-order valence-corrected chi connectivity index (χ4v) is 3.73. The van der Waals surface area contributed by atoms with Crippen LogP contribution in [0.15, 0.2) is 36.4 Å². The molecule has 0 bridgehead atoms. The number of hydrogen-bond acceptors (Lipinski definition) is 7. The molecule has 1 atom stereocenters. The van der Waals surface area contributed by atoms with Crippen LogP contribution in [0.25, 0.3) is 0 Å². The molecule has 9 nitrogen and oxygen atoms in total. The Bertz CT molecular complexity index is 1110. The number of nitrogens with zero attached hydrogens (tertiary/aromatic N) is 1. The smallest absolute Gasteiger partial charge is 0.307 e. The SMILES string of the molecule is COC(=O)C[C@H](c1ccc(OC)c(OC(C)C)c1)N1C(=O)c2cccc(NC(C)=O)c2C1=O. The lowest BCUT2D eigenvalue weighted by Crippen LogP contribution is -2.35. The molecule has 0 spiro atoms. The maximum Gasteiger partial charge on any atom is 0.307 e. The van der Waals surface area contributed by atoms with Crippen LogP contribution >= 0.6 is 0 Å². The van der Waals surface area contributed by atoms with E-state index >= 15 is 0 Å². The summed E-state index contributed by atoms with van der Waals surface area (Å²) >= 11 is 0. The first-order valence-electron chi connectivity index (χ1n) is 10.4. The van der Waals surface area contributed by atoms with Gasteiger partial charge in [0.05, 0.1) is 49.6 Å². The second kappa shape index (κ2) is 9.72. The quantitative estimate of drug-likeness (QED) is 0.481. The molecule has 0 aromatic heterocycles. The monoisotopic (exact) mass is 454 g/mol. The summed E-state index contributed by atoms with van der Waals surface area (Å²) in [5.74, 6) is -1.27. The lowest BCUT2D eigenvalue weighted by Gasteiger charge is -2.27. The molecule has 0 saturated heterocycles. The number of fused-ring (bicyclic) bond motifs is 1. The summed E-state index contributed by atoms with van der Waals surface area (Å²) in [7, 11) is 2.74. The topological polar surface area (TPSA) is 111 Å². The molecule has 1 aliphatic heterocycles. The van der Waals surface area contributed by atoms with Crippen LogP contribution in [0, 0.1) is 0 Å². The number of ether oxygens (including phenoxy) is 3. The normalized spacial score (nSPS) is 13.6. The molecular weight excluding hydrogens is 428 g/mol. The van der Waals surface area contributed by atoms with Crippen molar-refractivity contribution in [2.45, 2.75) is 39.3 Å². The van der Waals surface area contributed by atoms with Crippen LogP contribution in [0.1, 0.15) is 59.5 Å². The van der Waals surface area contributed by atoms with Crippen molar-refractivity contribution in [2.24, 2.45) is 0 Å². The zero-order chi connectivity index (χ0) is 24.3. The Hall–Kier alpha value is -3.88. The summed E-state index contributed by atoms with van der Waals surface area (Å²) in [5.41, 5.74) is 0.955. The fraction of sp³-hybridized carbons (Fsp3) is 0.333. The zero-order valence-electron chi connectivity index (χ0n) is 19.1. The number of imide groups is 1. The first-order valence-corrected chi connectivity index (χ1v) is 10.4. The van der Waals surface area contributed by atoms with Crippen molar-refractivity contribution < 1.29 is 33.4 Å². The average Bonchev–Trinajstić information content (AvgIpc) is 3.02. The summed E-state index contributed by atoms with van der Waals surface area (Å²) in [4.78, 5) is 51.6. The number of nitrogens with one attached hydrogen (secondary N) is 1. The van der Waals surface area contributed by atoms with E-state index in [1.54, 1.807) is 30.3 Å². The van der Waals surface area contributed by atoms with E-state index in [9.17, 15) is 19.2 Å². The van der Waals surface area contributed by atoms with Crippen molar-refractivity contribution in [3.63, 3.8) is 0 Å².